The van der Waals surface area contributed by atoms with Crippen LogP contribution in [0.1, 0.15) is 18.2 Å². The Hall–Kier alpha value is -3.13. The second kappa shape index (κ2) is 7.71. The fraction of sp³-hybridized carbons (Fsp3) is 0.250. The highest BCUT2D eigenvalue weighted by molar-refractivity contribution is 6.30. The summed E-state index contributed by atoms with van der Waals surface area (Å²) in [5, 5.41) is 3.93. The van der Waals surface area contributed by atoms with Crippen LogP contribution < -0.4 is 14.4 Å². The third-order valence-corrected chi connectivity index (χ3v) is 5.05. The monoisotopic (exact) mass is 417 g/mol. The number of anilines is 1. The van der Waals surface area contributed by atoms with Crippen molar-refractivity contribution in [3.8, 4) is 22.9 Å². The SMILES string of the molecule is COc1cc(OC)cc(N2CC(c3nc(-c4ccc(Cl)c(F)c4)no3)CC2=O)c1. The van der Waals surface area contributed by atoms with E-state index < -0.39 is 5.82 Å². The maximum Gasteiger partial charge on any atom is 0.232 e. The van der Waals surface area contributed by atoms with Crippen LogP contribution in [0.25, 0.3) is 11.4 Å². The average Bonchev–Trinajstić information content (AvgIpc) is 3.36. The van der Waals surface area contributed by atoms with Gasteiger partial charge in [-0.05, 0) is 18.2 Å². The molecule has 0 bridgehead atoms. The first kappa shape index (κ1) is 19.2. The molecule has 9 heteroatoms. The van der Waals surface area contributed by atoms with Crippen LogP contribution in [0.2, 0.25) is 5.02 Å². The van der Waals surface area contributed by atoms with Crippen molar-refractivity contribution < 1.29 is 23.2 Å². The average molecular weight is 418 g/mol. The maximum atomic E-state index is 13.7. The smallest absolute Gasteiger partial charge is 0.232 e. The summed E-state index contributed by atoms with van der Waals surface area (Å²) in [5.74, 6) is 0.803. The number of methoxy groups -OCH3 is 2. The van der Waals surface area contributed by atoms with Crippen LogP contribution >= 0.6 is 11.6 Å². The molecular formula is C20H17ClFN3O4. The van der Waals surface area contributed by atoms with Crippen molar-refractivity contribution in [1.29, 1.82) is 0 Å². The maximum absolute atomic E-state index is 13.7. The molecule has 0 radical (unpaired) electrons. The van der Waals surface area contributed by atoms with Crippen LogP contribution in [0, 0.1) is 5.82 Å². The van der Waals surface area contributed by atoms with Crippen molar-refractivity contribution in [3.63, 3.8) is 0 Å². The molecule has 1 aromatic heterocycles. The Balaban J connectivity index is 1.57. The number of halogens is 2. The Morgan fingerprint density at radius 3 is 2.55 bits per heavy atom. The van der Waals surface area contributed by atoms with Crippen LogP contribution in [0.4, 0.5) is 10.1 Å². The first-order valence-corrected chi connectivity index (χ1v) is 9.18. The summed E-state index contributed by atoms with van der Waals surface area (Å²) in [6.45, 7) is 0.367. The van der Waals surface area contributed by atoms with Gasteiger partial charge in [-0.25, -0.2) is 4.39 Å². The molecule has 2 aromatic carbocycles. The molecule has 2 heterocycles. The molecule has 0 aliphatic carbocycles. The number of carbonyl (C=O) groups excluding carboxylic acids is 1. The van der Waals surface area contributed by atoms with Crippen molar-refractivity contribution >= 4 is 23.2 Å². The van der Waals surface area contributed by atoms with E-state index in [1.54, 1.807) is 43.4 Å². The lowest BCUT2D eigenvalue weighted by Gasteiger charge is -2.18. The summed E-state index contributed by atoms with van der Waals surface area (Å²) in [5.41, 5.74) is 1.11. The van der Waals surface area contributed by atoms with Gasteiger partial charge in [0.05, 0.1) is 30.8 Å². The number of nitrogens with zero attached hydrogens (tertiary/aromatic N) is 3. The fourth-order valence-electron chi connectivity index (χ4n) is 3.22. The van der Waals surface area contributed by atoms with Gasteiger partial charge in [-0.2, -0.15) is 4.98 Å². The molecule has 0 spiro atoms. The zero-order valence-electron chi connectivity index (χ0n) is 15.7. The van der Waals surface area contributed by atoms with Gasteiger partial charge >= 0.3 is 0 Å². The number of amides is 1. The minimum Gasteiger partial charge on any atom is -0.497 e. The summed E-state index contributed by atoms with van der Waals surface area (Å²) in [7, 11) is 3.10. The predicted molar refractivity (Wildman–Crippen MR) is 104 cm³/mol. The molecule has 1 saturated heterocycles. The summed E-state index contributed by atoms with van der Waals surface area (Å²) in [6.07, 6.45) is 0.218. The molecule has 1 aliphatic rings. The summed E-state index contributed by atoms with van der Waals surface area (Å²) in [6, 6.07) is 9.54. The van der Waals surface area contributed by atoms with Gasteiger partial charge in [-0.15, -0.1) is 0 Å². The number of carbonyl (C=O) groups is 1. The van der Waals surface area contributed by atoms with E-state index >= 15 is 0 Å². The number of rotatable bonds is 5. The Labute approximate surface area is 171 Å². The van der Waals surface area contributed by atoms with E-state index in [0.717, 1.165) is 0 Å². The zero-order valence-corrected chi connectivity index (χ0v) is 16.4. The van der Waals surface area contributed by atoms with Gasteiger partial charge in [-0.1, -0.05) is 16.8 Å². The quantitative estimate of drug-likeness (QED) is 0.622. The normalized spacial score (nSPS) is 16.3. The summed E-state index contributed by atoms with van der Waals surface area (Å²) >= 11 is 5.71. The molecule has 1 amide bonds. The number of aromatic nitrogens is 2. The molecule has 4 rings (SSSR count). The van der Waals surface area contributed by atoms with E-state index in [4.69, 9.17) is 25.6 Å². The van der Waals surface area contributed by atoms with Crippen LogP contribution in [0.15, 0.2) is 40.9 Å². The van der Waals surface area contributed by atoms with Crippen LogP contribution in [-0.4, -0.2) is 36.8 Å². The van der Waals surface area contributed by atoms with Gasteiger partial charge in [0.1, 0.15) is 17.3 Å². The standard InChI is InChI=1S/C20H17ClFN3O4/c1-27-14-7-13(8-15(9-14)28-2)25-10-12(6-18(25)26)20-23-19(24-29-20)11-3-4-16(21)17(22)5-11/h3-5,7-9,12H,6,10H2,1-2H3. The third kappa shape index (κ3) is 3.75. The highest BCUT2D eigenvalue weighted by Gasteiger charge is 2.35. The number of hydrogen-bond acceptors (Lipinski definition) is 6. The molecule has 7 nitrogen and oxygen atoms in total. The van der Waals surface area contributed by atoms with E-state index in [1.807, 2.05) is 0 Å². The van der Waals surface area contributed by atoms with Gasteiger partial charge in [-0.3, -0.25) is 4.79 Å². The summed E-state index contributed by atoms with van der Waals surface area (Å²) < 4.78 is 29.6. The van der Waals surface area contributed by atoms with Crippen LogP contribution in [0.5, 0.6) is 11.5 Å². The zero-order chi connectivity index (χ0) is 20.5. The fourth-order valence-corrected chi connectivity index (χ4v) is 3.34. The van der Waals surface area contributed by atoms with Gasteiger partial charge in [0, 0.05) is 36.7 Å². The number of hydrogen-bond donors (Lipinski definition) is 0. The number of ether oxygens (including phenoxy) is 2. The van der Waals surface area contributed by atoms with Gasteiger partial charge in [0.25, 0.3) is 0 Å². The third-order valence-electron chi connectivity index (χ3n) is 4.74. The first-order chi connectivity index (χ1) is 14.0. The second-order valence-corrected chi connectivity index (χ2v) is 6.97. The highest BCUT2D eigenvalue weighted by Crippen LogP contribution is 2.35. The minimum absolute atomic E-state index is 0.0169. The lowest BCUT2D eigenvalue weighted by atomic mass is 10.1. The van der Waals surface area contributed by atoms with Crippen molar-refractivity contribution in [2.75, 3.05) is 25.7 Å². The Bertz CT molecular complexity index is 1050. The molecule has 150 valence electrons. The van der Waals surface area contributed by atoms with E-state index in [2.05, 4.69) is 10.1 Å². The van der Waals surface area contributed by atoms with Gasteiger partial charge in [0.15, 0.2) is 0 Å². The lowest BCUT2D eigenvalue weighted by molar-refractivity contribution is -0.117. The van der Waals surface area contributed by atoms with Crippen molar-refractivity contribution in [1.82, 2.24) is 10.1 Å². The largest absolute Gasteiger partial charge is 0.497 e. The highest BCUT2D eigenvalue weighted by atomic mass is 35.5. The molecule has 1 fully saturated rings. The topological polar surface area (TPSA) is 77.7 Å². The van der Waals surface area contributed by atoms with Gasteiger partial charge in [0.2, 0.25) is 17.6 Å². The van der Waals surface area contributed by atoms with Crippen LogP contribution in [0.3, 0.4) is 0 Å². The molecule has 1 aliphatic heterocycles. The van der Waals surface area contributed by atoms with E-state index in [-0.39, 0.29) is 29.1 Å². The molecule has 29 heavy (non-hydrogen) atoms. The molecule has 0 N–H and O–H groups in total. The Morgan fingerprint density at radius 2 is 1.90 bits per heavy atom. The van der Waals surface area contributed by atoms with E-state index in [9.17, 15) is 9.18 Å². The number of benzene rings is 2. The van der Waals surface area contributed by atoms with E-state index in [0.29, 0.717) is 35.2 Å². The Kier molecular flexibility index (Phi) is 5.10. The van der Waals surface area contributed by atoms with Crippen molar-refractivity contribution in [2.45, 2.75) is 12.3 Å². The molecule has 1 unspecified atom stereocenters. The molecular weight excluding hydrogens is 401 g/mol. The second-order valence-electron chi connectivity index (χ2n) is 6.56. The summed E-state index contributed by atoms with van der Waals surface area (Å²) in [4.78, 5) is 18.6. The van der Waals surface area contributed by atoms with Crippen LogP contribution in [-0.2, 0) is 4.79 Å². The first-order valence-electron chi connectivity index (χ1n) is 8.81. The minimum atomic E-state index is -0.565. The molecule has 0 saturated carbocycles. The lowest BCUT2D eigenvalue weighted by Crippen LogP contribution is -2.24. The predicted octanol–water partition coefficient (Wildman–Crippen LogP) is 4.07. The van der Waals surface area contributed by atoms with E-state index in [1.165, 1.54) is 12.1 Å². The van der Waals surface area contributed by atoms with Crippen molar-refractivity contribution in [2.24, 2.45) is 0 Å². The molecule has 1 atom stereocenters. The Morgan fingerprint density at radius 1 is 1.17 bits per heavy atom. The molecule has 3 aromatic rings. The van der Waals surface area contributed by atoms with Crippen molar-refractivity contribution in [3.05, 3.63) is 53.1 Å². The van der Waals surface area contributed by atoms with Gasteiger partial charge < -0.3 is 18.9 Å².